The van der Waals surface area contributed by atoms with Crippen molar-refractivity contribution < 1.29 is 0 Å². The van der Waals surface area contributed by atoms with Gasteiger partial charge in [0.1, 0.15) is 0 Å². The van der Waals surface area contributed by atoms with Crippen molar-refractivity contribution in [1.82, 2.24) is 20.2 Å². The van der Waals surface area contributed by atoms with Crippen LogP contribution in [-0.4, -0.2) is 20.2 Å². The fourth-order valence-electron chi connectivity index (χ4n) is 2.31. The normalized spacial score (nSPS) is 11.3. The molecule has 6 heteroatoms. The molecule has 3 N–H and O–H groups in total. The fourth-order valence-corrected chi connectivity index (χ4v) is 2.31. The Hall–Kier alpha value is -2.89. The third kappa shape index (κ3) is 3.90. The summed E-state index contributed by atoms with van der Waals surface area (Å²) in [5.41, 5.74) is 3.34. The highest BCUT2D eigenvalue weighted by Gasteiger charge is 2.13. The molecule has 124 valence electrons. The summed E-state index contributed by atoms with van der Waals surface area (Å²) < 4.78 is 0. The van der Waals surface area contributed by atoms with Gasteiger partial charge < -0.3 is 10.6 Å². The average molecular weight is 322 g/mol. The van der Waals surface area contributed by atoms with Crippen molar-refractivity contribution in [3.8, 4) is 0 Å². The van der Waals surface area contributed by atoms with Crippen molar-refractivity contribution in [2.45, 2.75) is 33.1 Å². The summed E-state index contributed by atoms with van der Waals surface area (Å²) in [5.74, 6) is 2.03. The van der Waals surface area contributed by atoms with Gasteiger partial charge >= 0.3 is 0 Å². The van der Waals surface area contributed by atoms with E-state index in [-0.39, 0.29) is 5.41 Å². The number of anilines is 4. The monoisotopic (exact) mass is 322 g/mol. The number of aromatic nitrogens is 4. The maximum absolute atomic E-state index is 4.53. The third-order valence-electron chi connectivity index (χ3n) is 3.60. The number of rotatable bonds is 4. The standard InChI is InChI=1S/C18H22N6/c1-12-8-15(24-23-12)21-17-11-19-10-16(22-17)20-14-7-5-6-13(9-14)18(2,3)4/h5-11H,1-4H3,(H3,20,21,22,23,24). The summed E-state index contributed by atoms with van der Waals surface area (Å²) in [6.45, 7) is 8.54. The van der Waals surface area contributed by atoms with Gasteiger partial charge in [0, 0.05) is 17.4 Å². The molecule has 24 heavy (non-hydrogen) atoms. The molecule has 0 radical (unpaired) electrons. The molecule has 0 saturated heterocycles. The first-order valence-electron chi connectivity index (χ1n) is 7.89. The number of benzene rings is 1. The van der Waals surface area contributed by atoms with E-state index in [1.807, 2.05) is 25.1 Å². The molecule has 3 rings (SSSR count). The molecule has 0 bridgehead atoms. The van der Waals surface area contributed by atoms with Gasteiger partial charge in [-0.15, -0.1) is 0 Å². The molecule has 6 nitrogen and oxygen atoms in total. The van der Waals surface area contributed by atoms with Crippen LogP contribution in [0.25, 0.3) is 0 Å². The lowest BCUT2D eigenvalue weighted by Gasteiger charge is -2.20. The van der Waals surface area contributed by atoms with Crippen LogP contribution in [0.4, 0.5) is 23.1 Å². The Morgan fingerprint density at radius 3 is 2.38 bits per heavy atom. The molecule has 0 aliphatic heterocycles. The minimum Gasteiger partial charge on any atom is -0.339 e. The molecular weight excluding hydrogens is 300 g/mol. The molecule has 3 aromatic rings. The van der Waals surface area contributed by atoms with Crippen LogP contribution < -0.4 is 10.6 Å². The maximum Gasteiger partial charge on any atom is 0.153 e. The number of nitrogens with zero attached hydrogens (tertiary/aromatic N) is 3. The van der Waals surface area contributed by atoms with E-state index in [0.29, 0.717) is 17.5 Å². The highest BCUT2D eigenvalue weighted by Crippen LogP contribution is 2.26. The van der Waals surface area contributed by atoms with Crippen LogP contribution >= 0.6 is 0 Å². The van der Waals surface area contributed by atoms with Gasteiger partial charge in [-0.3, -0.25) is 10.1 Å². The summed E-state index contributed by atoms with van der Waals surface area (Å²) in [7, 11) is 0. The van der Waals surface area contributed by atoms with Crippen LogP contribution in [0.3, 0.4) is 0 Å². The quantitative estimate of drug-likeness (QED) is 0.667. The zero-order valence-electron chi connectivity index (χ0n) is 14.4. The van der Waals surface area contributed by atoms with E-state index >= 15 is 0 Å². The Kier molecular flexibility index (Phi) is 4.20. The first-order chi connectivity index (χ1) is 11.4. The number of H-pyrrole nitrogens is 1. The van der Waals surface area contributed by atoms with E-state index in [2.05, 4.69) is 63.7 Å². The number of hydrogen-bond acceptors (Lipinski definition) is 5. The first kappa shape index (κ1) is 16.0. The molecule has 1 aromatic carbocycles. The van der Waals surface area contributed by atoms with E-state index in [1.165, 1.54) is 5.56 Å². The van der Waals surface area contributed by atoms with Gasteiger partial charge in [0.25, 0.3) is 0 Å². The van der Waals surface area contributed by atoms with Crippen LogP contribution in [0, 0.1) is 6.92 Å². The van der Waals surface area contributed by atoms with Crippen molar-refractivity contribution in [3.63, 3.8) is 0 Å². The maximum atomic E-state index is 4.53. The first-order valence-corrected chi connectivity index (χ1v) is 7.89. The number of nitrogens with one attached hydrogen (secondary N) is 3. The summed E-state index contributed by atoms with van der Waals surface area (Å²) in [6.07, 6.45) is 3.37. The van der Waals surface area contributed by atoms with Crippen molar-refractivity contribution in [2.24, 2.45) is 0 Å². The Morgan fingerprint density at radius 1 is 0.958 bits per heavy atom. The molecule has 0 atom stereocenters. The number of aromatic amines is 1. The smallest absolute Gasteiger partial charge is 0.153 e. The topological polar surface area (TPSA) is 78.5 Å². The minimum absolute atomic E-state index is 0.102. The summed E-state index contributed by atoms with van der Waals surface area (Å²) in [5, 5.41) is 13.5. The average Bonchev–Trinajstić information content (AvgIpc) is 2.92. The highest BCUT2D eigenvalue weighted by molar-refractivity contribution is 5.60. The van der Waals surface area contributed by atoms with E-state index in [4.69, 9.17) is 0 Å². The zero-order valence-corrected chi connectivity index (χ0v) is 14.4. The largest absolute Gasteiger partial charge is 0.339 e. The second kappa shape index (κ2) is 6.31. The fraction of sp³-hybridized carbons (Fsp3) is 0.278. The Bertz CT molecular complexity index is 831. The van der Waals surface area contributed by atoms with E-state index < -0.39 is 0 Å². The molecule has 2 aromatic heterocycles. The molecular formula is C18H22N6. The third-order valence-corrected chi connectivity index (χ3v) is 3.60. The predicted molar refractivity (Wildman–Crippen MR) is 97.1 cm³/mol. The van der Waals surface area contributed by atoms with Crippen molar-refractivity contribution in [2.75, 3.05) is 10.6 Å². The molecule has 0 aliphatic rings. The zero-order chi connectivity index (χ0) is 17.2. The molecule has 0 spiro atoms. The minimum atomic E-state index is 0.102. The molecule has 0 fully saturated rings. The summed E-state index contributed by atoms with van der Waals surface area (Å²) >= 11 is 0. The Labute approximate surface area is 141 Å². The Balaban J connectivity index is 1.77. The van der Waals surface area contributed by atoms with Gasteiger partial charge in [0.2, 0.25) is 0 Å². The lowest BCUT2D eigenvalue weighted by atomic mass is 9.87. The summed E-state index contributed by atoms with van der Waals surface area (Å²) in [4.78, 5) is 8.76. The van der Waals surface area contributed by atoms with Crippen molar-refractivity contribution >= 4 is 23.1 Å². The van der Waals surface area contributed by atoms with Crippen molar-refractivity contribution in [3.05, 3.63) is 54.0 Å². The number of hydrogen-bond donors (Lipinski definition) is 3. The highest BCUT2D eigenvalue weighted by atomic mass is 15.2. The Morgan fingerprint density at radius 2 is 1.71 bits per heavy atom. The van der Waals surface area contributed by atoms with Gasteiger partial charge in [-0.2, -0.15) is 5.10 Å². The molecule has 0 aliphatic carbocycles. The van der Waals surface area contributed by atoms with Crippen LogP contribution in [0.2, 0.25) is 0 Å². The van der Waals surface area contributed by atoms with Gasteiger partial charge in [-0.05, 0) is 30.0 Å². The number of aryl methyl sites for hydroxylation is 1. The van der Waals surface area contributed by atoms with E-state index in [9.17, 15) is 0 Å². The van der Waals surface area contributed by atoms with Gasteiger partial charge in [-0.25, -0.2) is 4.98 Å². The second-order valence-electron chi connectivity index (χ2n) is 6.81. The molecule has 0 saturated carbocycles. The van der Waals surface area contributed by atoms with Gasteiger partial charge in [0.05, 0.1) is 12.4 Å². The van der Waals surface area contributed by atoms with Crippen LogP contribution in [-0.2, 0) is 5.41 Å². The van der Waals surface area contributed by atoms with Crippen LogP contribution in [0.15, 0.2) is 42.7 Å². The molecule has 0 amide bonds. The second-order valence-corrected chi connectivity index (χ2v) is 6.81. The lowest BCUT2D eigenvalue weighted by Crippen LogP contribution is -2.11. The lowest BCUT2D eigenvalue weighted by molar-refractivity contribution is 0.590. The van der Waals surface area contributed by atoms with Crippen LogP contribution in [0.5, 0.6) is 0 Å². The van der Waals surface area contributed by atoms with Crippen LogP contribution in [0.1, 0.15) is 32.0 Å². The molecule has 0 unspecified atom stereocenters. The molecule has 2 heterocycles. The van der Waals surface area contributed by atoms with E-state index in [0.717, 1.165) is 11.4 Å². The summed E-state index contributed by atoms with van der Waals surface area (Å²) in [6, 6.07) is 10.3. The SMILES string of the molecule is Cc1cc(Nc2cncc(Nc3cccc(C(C)(C)C)c3)n2)n[nH]1. The van der Waals surface area contributed by atoms with Gasteiger partial charge in [0.15, 0.2) is 17.5 Å². The van der Waals surface area contributed by atoms with Gasteiger partial charge in [-0.1, -0.05) is 32.9 Å². The van der Waals surface area contributed by atoms with E-state index in [1.54, 1.807) is 12.4 Å². The van der Waals surface area contributed by atoms with Crippen molar-refractivity contribution in [1.29, 1.82) is 0 Å². The predicted octanol–water partition coefficient (Wildman–Crippen LogP) is 4.29.